The van der Waals surface area contributed by atoms with Crippen molar-refractivity contribution in [3.63, 3.8) is 0 Å². The van der Waals surface area contributed by atoms with Crippen molar-refractivity contribution >= 4 is 22.6 Å². The van der Waals surface area contributed by atoms with Crippen LogP contribution in [0.25, 0.3) is 10.9 Å². The van der Waals surface area contributed by atoms with Crippen molar-refractivity contribution in [1.29, 1.82) is 0 Å². The van der Waals surface area contributed by atoms with E-state index in [9.17, 15) is 4.79 Å². The summed E-state index contributed by atoms with van der Waals surface area (Å²) in [6.07, 6.45) is 1.96. The first-order valence-corrected chi connectivity index (χ1v) is 15.2. The summed E-state index contributed by atoms with van der Waals surface area (Å²) in [5.41, 5.74) is 9.87. The topological polar surface area (TPSA) is 53.4 Å². The third kappa shape index (κ3) is 4.46. The van der Waals surface area contributed by atoms with E-state index in [0.29, 0.717) is 13.1 Å². The Hall–Kier alpha value is -5.20. The summed E-state index contributed by atoms with van der Waals surface area (Å²) in [5, 5.41) is 7.87. The molecular formula is C38H35N5O. The SMILES string of the molecule is CCNN1C(=O)N(C(C)c2ccccc2)Cc2cc3cnn(C(c4ccccc4)(c4ccccc4)c4ccccc4)c3cc21. The Morgan fingerprint density at radius 2 is 1.30 bits per heavy atom. The zero-order chi connectivity index (χ0) is 30.1. The Morgan fingerprint density at radius 3 is 1.82 bits per heavy atom. The number of nitrogens with zero attached hydrogens (tertiary/aromatic N) is 4. The molecule has 0 aliphatic carbocycles. The van der Waals surface area contributed by atoms with Crippen LogP contribution in [0.5, 0.6) is 0 Å². The number of urea groups is 1. The van der Waals surface area contributed by atoms with Crippen LogP contribution < -0.4 is 10.4 Å². The zero-order valence-electron chi connectivity index (χ0n) is 25.0. The molecule has 0 saturated carbocycles. The molecular weight excluding hydrogens is 542 g/mol. The molecule has 2 heterocycles. The predicted octanol–water partition coefficient (Wildman–Crippen LogP) is 7.90. The number of benzene rings is 5. The van der Waals surface area contributed by atoms with E-state index < -0.39 is 5.54 Å². The van der Waals surface area contributed by atoms with Crippen molar-refractivity contribution in [3.8, 4) is 0 Å². The fourth-order valence-electron chi connectivity index (χ4n) is 6.62. The minimum absolute atomic E-state index is 0.0680. The highest BCUT2D eigenvalue weighted by atomic mass is 16.2. The fraction of sp³-hybridized carbons (Fsp3) is 0.158. The Kier molecular flexibility index (Phi) is 7.20. The average molecular weight is 578 g/mol. The van der Waals surface area contributed by atoms with E-state index in [1.807, 2.05) is 54.4 Å². The van der Waals surface area contributed by atoms with Gasteiger partial charge in [-0.05, 0) is 46.9 Å². The molecule has 5 aromatic carbocycles. The molecule has 0 saturated heterocycles. The normalized spacial score (nSPS) is 14.1. The molecule has 44 heavy (non-hydrogen) atoms. The number of fused-ring (bicyclic) bond motifs is 2. The van der Waals surface area contributed by atoms with Gasteiger partial charge in [-0.3, -0.25) is 0 Å². The van der Waals surface area contributed by atoms with E-state index in [0.717, 1.165) is 44.4 Å². The first-order chi connectivity index (χ1) is 21.6. The van der Waals surface area contributed by atoms with Gasteiger partial charge in [0.25, 0.3) is 0 Å². The highest BCUT2D eigenvalue weighted by molar-refractivity contribution is 5.98. The van der Waals surface area contributed by atoms with Crippen LogP contribution >= 0.6 is 0 Å². The van der Waals surface area contributed by atoms with Crippen molar-refractivity contribution in [2.24, 2.45) is 0 Å². The van der Waals surface area contributed by atoms with Gasteiger partial charge in [-0.2, -0.15) is 5.10 Å². The van der Waals surface area contributed by atoms with Crippen LogP contribution in [0.1, 0.15) is 47.7 Å². The number of aromatic nitrogens is 2. The molecule has 1 aliphatic heterocycles. The summed E-state index contributed by atoms with van der Waals surface area (Å²) in [6, 6.07) is 46.0. The van der Waals surface area contributed by atoms with Gasteiger partial charge in [-0.1, -0.05) is 128 Å². The number of hydrogen-bond acceptors (Lipinski definition) is 3. The third-order valence-corrected chi connectivity index (χ3v) is 8.75. The first-order valence-electron chi connectivity index (χ1n) is 15.2. The van der Waals surface area contributed by atoms with Crippen LogP contribution in [0.4, 0.5) is 10.5 Å². The molecule has 0 radical (unpaired) electrons. The maximum absolute atomic E-state index is 14.1. The van der Waals surface area contributed by atoms with Crippen molar-refractivity contribution < 1.29 is 4.79 Å². The molecule has 6 heteroatoms. The Morgan fingerprint density at radius 1 is 0.773 bits per heavy atom. The number of carbonyl (C=O) groups excluding carboxylic acids is 1. The molecule has 1 aromatic heterocycles. The van der Waals surface area contributed by atoms with Gasteiger partial charge >= 0.3 is 6.03 Å². The first kappa shape index (κ1) is 27.6. The molecule has 1 unspecified atom stereocenters. The minimum Gasteiger partial charge on any atom is -0.312 e. The lowest BCUT2D eigenvalue weighted by Gasteiger charge is -2.40. The lowest BCUT2D eigenvalue weighted by molar-refractivity contribution is 0.175. The van der Waals surface area contributed by atoms with Gasteiger partial charge in [0.15, 0.2) is 0 Å². The van der Waals surface area contributed by atoms with Crippen LogP contribution in [-0.2, 0) is 12.1 Å². The second kappa shape index (κ2) is 11.5. The molecule has 1 N–H and O–H groups in total. The molecule has 218 valence electrons. The quantitative estimate of drug-likeness (QED) is 0.187. The monoisotopic (exact) mass is 577 g/mol. The van der Waals surface area contributed by atoms with Gasteiger partial charge in [0.1, 0.15) is 5.54 Å². The highest BCUT2D eigenvalue weighted by Gasteiger charge is 2.41. The van der Waals surface area contributed by atoms with Gasteiger partial charge in [-0.15, -0.1) is 0 Å². The average Bonchev–Trinajstić information content (AvgIpc) is 3.50. The second-order valence-corrected chi connectivity index (χ2v) is 11.2. The standard InChI is InChI=1S/C38H35N5O/c1-3-39-42-35-25-36-30(24-31(35)27-41(37(42)44)28(2)29-16-8-4-9-17-29)26-40-43(36)38(32-18-10-5-11-19-32,33-20-12-6-13-21-33)34-22-14-7-15-23-34/h4-26,28,39H,3,27H2,1-2H3. The van der Waals surface area contributed by atoms with Gasteiger partial charge in [-0.25, -0.2) is 19.9 Å². The Labute approximate surface area is 258 Å². The number of hydrogen-bond donors (Lipinski definition) is 1. The fourth-order valence-corrected chi connectivity index (χ4v) is 6.62. The van der Waals surface area contributed by atoms with E-state index >= 15 is 0 Å². The molecule has 6 nitrogen and oxygen atoms in total. The molecule has 1 aliphatic rings. The van der Waals surface area contributed by atoms with Gasteiger partial charge in [0.05, 0.1) is 30.0 Å². The van der Waals surface area contributed by atoms with Crippen LogP contribution in [0.15, 0.2) is 140 Å². The third-order valence-electron chi connectivity index (χ3n) is 8.75. The molecule has 0 fully saturated rings. The summed E-state index contributed by atoms with van der Waals surface area (Å²) in [4.78, 5) is 16.0. The summed E-state index contributed by atoms with van der Waals surface area (Å²) in [7, 11) is 0. The largest absolute Gasteiger partial charge is 0.339 e. The van der Waals surface area contributed by atoms with Crippen LogP contribution in [0.2, 0.25) is 0 Å². The summed E-state index contributed by atoms with van der Waals surface area (Å²) < 4.78 is 2.14. The highest BCUT2D eigenvalue weighted by Crippen LogP contribution is 2.44. The summed E-state index contributed by atoms with van der Waals surface area (Å²) in [5.74, 6) is 0. The van der Waals surface area contributed by atoms with E-state index in [1.165, 1.54) is 0 Å². The number of hydrazine groups is 1. The van der Waals surface area contributed by atoms with E-state index in [4.69, 9.17) is 5.10 Å². The Bertz CT molecular complexity index is 1790. The minimum atomic E-state index is -0.755. The molecule has 7 rings (SSSR count). The lowest BCUT2D eigenvalue weighted by Crippen LogP contribution is -2.54. The number of anilines is 1. The second-order valence-electron chi connectivity index (χ2n) is 11.2. The van der Waals surface area contributed by atoms with E-state index in [-0.39, 0.29) is 12.1 Å². The van der Waals surface area contributed by atoms with Crippen molar-refractivity contribution in [2.75, 3.05) is 11.6 Å². The van der Waals surface area contributed by atoms with Crippen molar-refractivity contribution in [1.82, 2.24) is 20.1 Å². The smallest absolute Gasteiger partial charge is 0.312 e. The number of nitrogens with one attached hydrogen (secondary N) is 1. The molecule has 0 spiro atoms. The summed E-state index contributed by atoms with van der Waals surface area (Å²) >= 11 is 0. The van der Waals surface area contributed by atoms with Crippen LogP contribution in [0.3, 0.4) is 0 Å². The number of amides is 2. The van der Waals surface area contributed by atoms with E-state index in [1.54, 1.807) is 5.01 Å². The molecule has 0 bridgehead atoms. The maximum atomic E-state index is 14.1. The van der Waals surface area contributed by atoms with Gasteiger partial charge < -0.3 is 4.90 Å². The lowest BCUT2D eigenvalue weighted by atomic mass is 9.77. The van der Waals surface area contributed by atoms with Crippen molar-refractivity contribution in [2.45, 2.75) is 32.0 Å². The number of rotatable bonds is 8. The van der Waals surface area contributed by atoms with E-state index in [2.05, 4.69) is 114 Å². The molecule has 6 aromatic rings. The van der Waals surface area contributed by atoms with Gasteiger partial charge in [0.2, 0.25) is 0 Å². The van der Waals surface area contributed by atoms with Crippen LogP contribution in [-0.4, -0.2) is 27.3 Å². The number of carbonyl (C=O) groups is 1. The maximum Gasteiger partial charge on any atom is 0.339 e. The predicted molar refractivity (Wildman–Crippen MR) is 176 cm³/mol. The van der Waals surface area contributed by atoms with Gasteiger partial charge in [0, 0.05) is 11.9 Å². The zero-order valence-corrected chi connectivity index (χ0v) is 25.0. The molecule has 2 amide bonds. The molecule has 1 atom stereocenters. The van der Waals surface area contributed by atoms with Crippen molar-refractivity contribution in [3.05, 3.63) is 167 Å². The Balaban J connectivity index is 1.46. The summed E-state index contributed by atoms with van der Waals surface area (Å²) in [6.45, 7) is 5.22. The van der Waals surface area contributed by atoms with Crippen LogP contribution in [0, 0.1) is 0 Å².